The number of nitrogens with one attached hydrogen (secondary N) is 3. The number of fused-ring (bicyclic) bond motifs is 1. The number of carbonyl (C=O) groups is 1. The fourth-order valence-electron chi connectivity index (χ4n) is 3.33. The van der Waals surface area contributed by atoms with Crippen molar-refractivity contribution in [2.45, 2.75) is 6.04 Å². The van der Waals surface area contributed by atoms with E-state index >= 15 is 0 Å². The topological polar surface area (TPSA) is 94.4 Å². The van der Waals surface area contributed by atoms with E-state index in [1.54, 1.807) is 18.2 Å². The van der Waals surface area contributed by atoms with Crippen LogP contribution in [0.4, 0.5) is 5.69 Å². The number of hydrogen-bond donors (Lipinski definition) is 4. The molecule has 0 radical (unpaired) electrons. The van der Waals surface area contributed by atoms with E-state index in [0.29, 0.717) is 16.7 Å². The monoisotopic (exact) mass is 373 g/mol. The summed E-state index contributed by atoms with van der Waals surface area (Å²) in [5, 5.41) is 4.92. The van der Waals surface area contributed by atoms with Gasteiger partial charge in [0.15, 0.2) is 6.54 Å². The molecule has 0 aliphatic rings. The summed E-state index contributed by atoms with van der Waals surface area (Å²) < 4.78 is 0. The van der Waals surface area contributed by atoms with Crippen molar-refractivity contribution in [2.24, 2.45) is 0 Å². The number of aromatic amines is 2. The van der Waals surface area contributed by atoms with Crippen LogP contribution >= 0.6 is 0 Å². The molecule has 1 amide bonds. The van der Waals surface area contributed by atoms with Gasteiger partial charge in [-0.05, 0) is 18.2 Å². The van der Waals surface area contributed by atoms with Crippen molar-refractivity contribution in [3.63, 3.8) is 0 Å². The Morgan fingerprint density at radius 1 is 0.857 bits per heavy atom. The van der Waals surface area contributed by atoms with E-state index in [2.05, 4.69) is 39.6 Å². The molecule has 3 aromatic carbocycles. The molecule has 6 nitrogen and oxygen atoms in total. The van der Waals surface area contributed by atoms with E-state index in [-0.39, 0.29) is 24.2 Å². The zero-order chi connectivity index (χ0) is 19.3. The number of rotatable bonds is 6. The number of nitrogens with two attached hydrogens (primary N) is 1. The number of benzene rings is 3. The number of amides is 1. The van der Waals surface area contributed by atoms with Crippen LogP contribution in [0.5, 0.6) is 0 Å². The van der Waals surface area contributed by atoms with Crippen LogP contribution < -0.4 is 16.3 Å². The van der Waals surface area contributed by atoms with Gasteiger partial charge in [-0.25, -0.2) is 4.79 Å². The van der Waals surface area contributed by atoms with E-state index in [4.69, 9.17) is 0 Å². The smallest absolute Gasteiger partial charge is 0.323 e. The summed E-state index contributed by atoms with van der Waals surface area (Å²) in [4.78, 5) is 29.2. The predicted octanol–water partition coefficient (Wildman–Crippen LogP) is 2.15. The molecule has 0 bridgehead atoms. The number of H-pyrrole nitrogens is 2. The molecule has 0 saturated heterocycles. The second kappa shape index (κ2) is 7.94. The normalized spacial score (nSPS) is 11.0. The average molecular weight is 373 g/mol. The number of imidazole rings is 1. The van der Waals surface area contributed by atoms with Crippen LogP contribution in [0, 0.1) is 0 Å². The molecule has 0 saturated carbocycles. The maximum atomic E-state index is 12.5. The van der Waals surface area contributed by atoms with E-state index < -0.39 is 0 Å². The summed E-state index contributed by atoms with van der Waals surface area (Å²) in [6.07, 6.45) is 0. The van der Waals surface area contributed by atoms with Crippen molar-refractivity contribution in [1.29, 1.82) is 0 Å². The quantitative estimate of drug-likeness (QED) is 0.417. The third kappa shape index (κ3) is 4.02. The van der Waals surface area contributed by atoms with Gasteiger partial charge in [0.2, 0.25) is 0 Å². The zero-order valence-electron chi connectivity index (χ0n) is 15.2. The second-order valence-corrected chi connectivity index (χ2v) is 6.63. The Morgan fingerprint density at radius 3 is 2.11 bits per heavy atom. The van der Waals surface area contributed by atoms with Crippen LogP contribution in [0.3, 0.4) is 0 Å². The summed E-state index contributed by atoms with van der Waals surface area (Å²) in [7, 11) is 0. The van der Waals surface area contributed by atoms with Gasteiger partial charge >= 0.3 is 5.69 Å². The van der Waals surface area contributed by atoms with Crippen LogP contribution in [0.2, 0.25) is 0 Å². The molecule has 0 atom stereocenters. The highest BCUT2D eigenvalue weighted by Gasteiger charge is 2.18. The molecule has 1 aromatic heterocycles. The lowest BCUT2D eigenvalue weighted by Gasteiger charge is -2.16. The first-order valence-electron chi connectivity index (χ1n) is 9.14. The van der Waals surface area contributed by atoms with Gasteiger partial charge in [0.25, 0.3) is 5.91 Å². The third-order valence-corrected chi connectivity index (χ3v) is 4.66. The molecular weight excluding hydrogens is 352 g/mol. The lowest BCUT2D eigenvalue weighted by atomic mass is 9.99. The van der Waals surface area contributed by atoms with Crippen molar-refractivity contribution in [1.82, 2.24) is 9.97 Å². The minimum absolute atomic E-state index is 0.0386. The van der Waals surface area contributed by atoms with Gasteiger partial charge in [-0.2, -0.15) is 0 Å². The molecule has 140 valence electrons. The van der Waals surface area contributed by atoms with Crippen LogP contribution in [-0.2, 0) is 4.79 Å². The third-order valence-electron chi connectivity index (χ3n) is 4.66. The number of anilines is 1. The van der Waals surface area contributed by atoms with Crippen molar-refractivity contribution in [3.05, 3.63) is 100 Å². The van der Waals surface area contributed by atoms with Gasteiger partial charge in [-0.3, -0.25) is 4.79 Å². The van der Waals surface area contributed by atoms with Gasteiger partial charge in [0.1, 0.15) is 6.04 Å². The highest BCUT2D eigenvalue weighted by atomic mass is 16.2. The largest absolute Gasteiger partial charge is 0.328 e. The van der Waals surface area contributed by atoms with Crippen molar-refractivity contribution >= 4 is 22.6 Å². The van der Waals surface area contributed by atoms with Crippen molar-refractivity contribution in [3.8, 4) is 0 Å². The number of hydrogen-bond acceptors (Lipinski definition) is 2. The summed E-state index contributed by atoms with van der Waals surface area (Å²) in [6, 6.07) is 25.6. The van der Waals surface area contributed by atoms with Crippen LogP contribution in [0.1, 0.15) is 17.2 Å². The van der Waals surface area contributed by atoms with Gasteiger partial charge < -0.3 is 20.6 Å². The molecule has 5 N–H and O–H groups in total. The molecular formula is C22H21N4O2+. The highest BCUT2D eigenvalue weighted by molar-refractivity contribution is 5.93. The summed E-state index contributed by atoms with van der Waals surface area (Å²) in [5.74, 6) is -0.103. The number of aromatic nitrogens is 2. The molecule has 0 unspecified atom stereocenters. The Kier molecular flexibility index (Phi) is 5.03. The lowest BCUT2D eigenvalue weighted by Crippen LogP contribution is -2.87. The Labute approximate surface area is 161 Å². The first-order valence-corrected chi connectivity index (χ1v) is 9.14. The standard InChI is InChI=1S/C22H20N4O2/c27-20(24-17-11-12-18-19(13-17)26-22(28)25-18)14-23-21(15-7-3-1-4-8-15)16-9-5-2-6-10-16/h1-13,21,23H,14H2,(H,24,27)(H2,25,26,28)/p+1. The molecule has 28 heavy (non-hydrogen) atoms. The predicted molar refractivity (Wildman–Crippen MR) is 109 cm³/mol. The maximum Gasteiger partial charge on any atom is 0.323 e. The Hall–Kier alpha value is -3.64. The van der Waals surface area contributed by atoms with Crippen molar-refractivity contribution < 1.29 is 10.1 Å². The molecule has 1 heterocycles. The first kappa shape index (κ1) is 17.8. The Morgan fingerprint density at radius 2 is 1.46 bits per heavy atom. The molecule has 4 rings (SSSR count). The lowest BCUT2D eigenvalue weighted by molar-refractivity contribution is -0.676. The zero-order valence-corrected chi connectivity index (χ0v) is 15.2. The molecule has 0 spiro atoms. The van der Waals surface area contributed by atoms with Crippen LogP contribution in [-0.4, -0.2) is 22.4 Å². The molecule has 4 aromatic rings. The highest BCUT2D eigenvalue weighted by Crippen LogP contribution is 2.18. The van der Waals surface area contributed by atoms with E-state index in [0.717, 1.165) is 11.1 Å². The van der Waals surface area contributed by atoms with Crippen molar-refractivity contribution in [2.75, 3.05) is 11.9 Å². The fourth-order valence-corrected chi connectivity index (χ4v) is 3.33. The molecule has 0 aliphatic heterocycles. The molecule has 0 fully saturated rings. The van der Waals surface area contributed by atoms with Gasteiger partial charge in [0, 0.05) is 16.8 Å². The van der Waals surface area contributed by atoms with Gasteiger partial charge in [-0.15, -0.1) is 0 Å². The minimum atomic E-state index is -0.264. The van der Waals surface area contributed by atoms with E-state index in [1.165, 1.54) is 0 Å². The van der Waals surface area contributed by atoms with E-state index in [1.807, 2.05) is 41.7 Å². The molecule has 6 heteroatoms. The van der Waals surface area contributed by atoms with Gasteiger partial charge in [-0.1, -0.05) is 60.7 Å². The average Bonchev–Trinajstić information content (AvgIpc) is 3.09. The van der Waals surface area contributed by atoms with Crippen LogP contribution in [0.25, 0.3) is 11.0 Å². The van der Waals surface area contributed by atoms with Gasteiger partial charge in [0.05, 0.1) is 11.0 Å². The number of quaternary nitrogens is 1. The maximum absolute atomic E-state index is 12.5. The SMILES string of the molecule is O=C(C[NH2+]C(c1ccccc1)c1ccccc1)Nc1ccc2[nH]c(=O)[nH]c2c1. The van der Waals surface area contributed by atoms with Crippen LogP contribution in [0.15, 0.2) is 83.7 Å². The summed E-state index contributed by atoms with van der Waals surface area (Å²) in [5.41, 5.74) is 4.05. The second-order valence-electron chi connectivity index (χ2n) is 6.63. The summed E-state index contributed by atoms with van der Waals surface area (Å²) in [6.45, 7) is 0.274. The Bertz CT molecular complexity index is 1090. The fraction of sp³-hybridized carbons (Fsp3) is 0.0909. The molecule has 0 aliphatic carbocycles. The Balaban J connectivity index is 1.47. The first-order chi connectivity index (χ1) is 13.7. The summed E-state index contributed by atoms with van der Waals surface area (Å²) >= 11 is 0. The number of carbonyl (C=O) groups excluding carboxylic acids is 1. The van der Waals surface area contributed by atoms with E-state index in [9.17, 15) is 9.59 Å². The minimum Gasteiger partial charge on any atom is -0.328 e.